The van der Waals surface area contributed by atoms with Crippen molar-refractivity contribution in [3.63, 3.8) is 0 Å². The highest BCUT2D eigenvalue weighted by Crippen LogP contribution is 2.48. The minimum Gasteiger partial charge on any atom is -0.465 e. The summed E-state index contributed by atoms with van der Waals surface area (Å²) in [6.45, 7) is 0. The van der Waals surface area contributed by atoms with Crippen LogP contribution in [0.2, 0.25) is 5.02 Å². The van der Waals surface area contributed by atoms with Crippen LogP contribution in [0, 0.1) is 0 Å². The number of fused-ring (bicyclic) bond motifs is 1. The quantitative estimate of drug-likeness (QED) is 0.617. The van der Waals surface area contributed by atoms with Gasteiger partial charge in [-0.2, -0.15) is 13.2 Å². The second kappa shape index (κ2) is 5.98. The van der Waals surface area contributed by atoms with Gasteiger partial charge in [0.25, 0.3) is 5.91 Å². The van der Waals surface area contributed by atoms with Crippen molar-refractivity contribution >= 4 is 29.2 Å². The third kappa shape index (κ3) is 2.61. The molecule has 1 amide bonds. The number of rotatable bonds is 2. The zero-order valence-electron chi connectivity index (χ0n) is 13.1. The fourth-order valence-corrected chi connectivity index (χ4v) is 3.16. The van der Waals surface area contributed by atoms with E-state index in [2.05, 4.69) is 10.1 Å². The highest BCUT2D eigenvalue weighted by molar-refractivity contribution is 6.32. The van der Waals surface area contributed by atoms with E-state index in [4.69, 9.17) is 11.6 Å². The summed E-state index contributed by atoms with van der Waals surface area (Å²) < 4.78 is 59.1. The van der Waals surface area contributed by atoms with E-state index in [0.29, 0.717) is 12.1 Å². The van der Waals surface area contributed by atoms with Gasteiger partial charge in [-0.25, -0.2) is 9.18 Å². The maximum absolute atomic E-state index is 15.9. The van der Waals surface area contributed by atoms with Crippen LogP contribution in [0.1, 0.15) is 27.0 Å². The number of hydrogen-bond donors (Lipinski definition) is 1. The van der Waals surface area contributed by atoms with Crippen LogP contribution < -0.4 is 5.32 Å². The third-order valence-electron chi connectivity index (χ3n) is 4.04. The monoisotopic (exact) mass is 387 g/mol. The standard InChI is InChI=1S/C17H10ClF4NO3/c1-26-14(24)9-3-2-4-11(18)13(9)16(19)10-6-5-8(17(20,21)22)7-12(10)23-15(16)25/h2-7H,1H3,(H,23,25). The highest BCUT2D eigenvalue weighted by atomic mass is 35.5. The Hall–Kier alpha value is -2.61. The summed E-state index contributed by atoms with van der Waals surface area (Å²) >= 11 is 6.03. The summed E-state index contributed by atoms with van der Waals surface area (Å²) in [4.78, 5) is 24.3. The van der Waals surface area contributed by atoms with E-state index in [1.807, 2.05) is 0 Å². The molecule has 1 aliphatic rings. The van der Waals surface area contributed by atoms with Crippen LogP contribution in [0.15, 0.2) is 36.4 Å². The van der Waals surface area contributed by atoms with Crippen LogP contribution in [-0.2, 0) is 21.4 Å². The average molecular weight is 388 g/mol. The van der Waals surface area contributed by atoms with Crippen LogP contribution >= 0.6 is 11.6 Å². The fraction of sp³-hybridized carbons (Fsp3) is 0.176. The Morgan fingerprint density at radius 2 is 1.92 bits per heavy atom. The number of amides is 1. The number of esters is 1. The molecular weight excluding hydrogens is 378 g/mol. The van der Waals surface area contributed by atoms with Crippen molar-refractivity contribution in [3.8, 4) is 0 Å². The van der Waals surface area contributed by atoms with Crippen LogP contribution in [0.5, 0.6) is 0 Å². The molecule has 2 aromatic rings. The zero-order valence-corrected chi connectivity index (χ0v) is 13.8. The fourth-order valence-electron chi connectivity index (χ4n) is 2.86. The molecule has 0 saturated carbocycles. The molecule has 4 nitrogen and oxygen atoms in total. The van der Waals surface area contributed by atoms with Gasteiger partial charge >= 0.3 is 12.1 Å². The Morgan fingerprint density at radius 1 is 1.23 bits per heavy atom. The maximum Gasteiger partial charge on any atom is 0.416 e. The first-order valence-corrected chi connectivity index (χ1v) is 7.58. The van der Waals surface area contributed by atoms with Crippen LogP contribution in [0.3, 0.4) is 0 Å². The average Bonchev–Trinajstić information content (AvgIpc) is 2.84. The Balaban J connectivity index is 2.26. The highest BCUT2D eigenvalue weighted by Gasteiger charge is 2.52. The molecule has 0 aliphatic carbocycles. The Bertz CT molecular complexity index is 929. The summed E-state index contributed by atoms with van der Waals surface area (Å²) in [6.07, 6.45) is -4.66. The smallest absolute Gasteiger partial charge is 0.416 e. The van der Waals surface area contributed by atoms with Crippen LogP contribution in [0.25, 0.3) is 0 Å². The van der Waals surface area contributed by atoms with Crippen molar-refractivity contribution in [2.45, 2.75) is 11.8 Å². The molecule has 2 aromatic carbocycles. The molecular formula is C17H10ClF4NO3. The van der Waals surface area contributed by atoms with E-state index in [-0.39, 0.29) is 21.8 Å². The van der Waals surface area contributed by atoms with E-state index in [9.17, 15) is 22.8 Å². The van der Waals surface area contributed by atoms with Gasteiger partial charge in [0.1, 0.15) is 0 Å². The molecule has 9 heteroatoms. The molecule has 136 valence electrons. The lowest BCUT2D eigenvalue weighted by Crippen LogP contribution is -2.33. The molecule has 0 fully saturated rings. The van der Waals surface area contributed by atoms with Crippen LogP contribution in [-0.4, -0.2) is 19.0 Å². The van der Waals surface area contributed by atoms with Crippen molar-refractivity contribution in [1.29, 1.82) is 0 Å². The van der Waals surface area contributed by atoms with Crippen molar-refractivity contribution < 1.29 is 31.9 Å². The number of benzene rings is 2. The molecule has 1 N–H and O–H groups in total. The first-order valence-electron chi connectivity index (χ1n) is 7.20. The minimum absolute atomic E-state index is 0.238. The van der Waals surface area contributed by atoms with Gasteiger partial charge in [0, 0.05) is 21.8 Å². The normalized spacial score (nSPS) is 19.1. The topological polar surface area (TPSA) is 55.4 Å². The number of hydrogen-bond acceptors (Lipinski definition) is 3. The molecule has 1 atom stereocenters. The lowest BCUT2D eigenvalue weighted by Gasteiger charge is -2.22. The van der Waals surface area contributed by atoms with Gasteiger partial charge in [-0.15, -0.1) is 0 Å². The van der Waals surface area contributed by atoms with Gasteiger partial charge < -0.3 is 10.1 Å². The lowest BCUT2D eigenvalue weighted by atomic mass is 9.85. The second-order valence-electron chi connectivity index (χ2n) is 5.52. The molecule has 1 aliphatic heterocycles. The van der Waals surface area contributed by atoms with Crippen molar-refractivity contribution in [1.82, 2.24) is 0 Å². The number of halogens is 5. The number of carbonyl (C=O) groups is 2. The molecule has 26 heavy (non-hydrogen) atoms. The van der Waals surface area contributed by atoms with Gasteiger partial charge in [-0.3, -0.25) is 4.79 Å². The predicted molar refractivity (Wildman–Crippen MR) is 84.8 cm³/mol. The zero-order chi connectivity index (χ0) is 19.3. The van der Waals surface area contributed by atoms with Gasteiger partial charge in [0.05, 0.1) is 18.2 Å². The molecule has 0 bridgehead atoms. The van der Waals surface area contributed by atoms with E-state index < -0.39 is 34.8 Å². The molecule has 1 heterocycles. The van der Waals surface area contributed by atoms with Crippen molar-refractivity contribution in [3.05, 3.63) is 63.7 Å². The minimum atomic E-state index is -4.66. The van der Waals surface area contributed by atoms with E-state index >= 15 is 4.39 Å². The molecule has 0 aromatic heterocycles. The summed E-state index contributed by atoms with van der Waals surface area (Å²) in [5.41, 5.74) is -5.48. The molecule has 0 spiro atoms. The number of methoxy groups -OCH3 is 1. The number of carbonyl (C=O) groups excluding carboxylic acids is 2. The molecule has 0 radical (unpaired) electrons. The predicted octanol–water partition coefficient (Wildman–Crippen LogP) is 4.31. The van der Waals surface area contributed by atoms with Crippen LogP contribution in [0.4, 0.5) is 23.2 Å². The number of alkyl halides is 4. The van der Waals surface area contributed by atoms with Crippen molar-refractivity contribution in [2.75, 3.05) is 12.4 Å². The molecule has 3 rings (SSSR count). The van der Waals surface area contributed by atoms with E-state index in [0.717, 1.165) is 13.2 Å². The Morgan fingerprint density at radius 3 is 2.54 bits per heavy atom. The summed E-state index contributed by atoms with van der Waals surface area (Å²) in [6, 6.07) is 5.97. The number of nitrogens with one attached hydrogen (secondary N) is 1. The SMILES string of the molecule is COC(=O)c1cccc(Cl)c1C1(F)C(=O)Nc2cc(C(F)(F)F)ccc21. The Kier molecular flexibility index (Phi) is 4.18. The van der Waals surface area contributed by atoms with Gasteiger partial charge in [-0.1, -0.05) is 23.7 Å². The van der Waals surface area contributed by atoms with Gasteiger partial charge in [-0.05, 0) is 24.3 Å². The maximum atomic E-state index is 15.9. The first-order chi connectivity index (χ1) is 12.1. The van der Waals surface area contributed by atoms with Gasteiger partial charge in [0.15, 0.2) is 0 Å². The van der Waals surface area contributed by atoms with Gasteiger partial charge in [0.2, 0.25) is 5.67 Å². The third-order valence-corrected chi connectivity index (χ3v) is 4.36. The molecule has 0 saturated heterocycles. The first kappa shape index (κ1) is 18.2. The lowest BCUT2D eigenvalue weighted by molar-refractivity contribution is -0.137. The summed E-state index contributed by atoms with van der Waals surface area (Å²) in [7, 11) is 1.07. The summed E-state index contributed by atoms with van der Waals surface area (Å²) in [5.74, 6) is -2.18. The number of anilines is 1. The Labute approximate surface area is 149 Å². The second-order valence-corrected chi connectivity index (χ2v) is 5.93. The number of ether oxygens (including phenoxy) is 1. The van der Waals surface area contributed by atoms with E-state index in [1.54, 1.807) is 0 Å². The summed E-state index contributed by atoms with van der Waals surface area (Å²) in [5, 5.41) is 1.85. The van der Waals surface area contributed by atoms with Crippen molar-refractivity contribution in [2.24, 2.45) is 0 Å². The van der Waals surface area contributed by atoms with E-state index in [1.165, 1.54) is 18.2 Å². The molecule has 1 unspecified atom stereocenters. The largest absolute Gasteiger partial charge is 0.465 e.